The molecule has 1 heterocycles. The van der Waals surface area contributed by atoms with E-state index >= 15 is 0 Å². The molecule has 156 valence electrons. The Hall–Kier alpha value is -2.53. The molecule has 1 saturated heterocycles. The van der Waals surface area contributed by atoms with Crippen LogP contribution in [0.25, 0.3) is 0 Å². The maximum Gasteiger partial charge on any atom is 0.227 e. The predicted molar refractivity (Wildman–Crippen MR) is 115 cm³/mol. The minimum atomic E-state index is 0.160. The minimum absolute atomic E-state index is 0.160. The normalized spacial score (nSPS) is 14.8. The van der Waals surface area contributed by atoms with E-state index in [0.717, 1.165) is 49.8 Å². The Morgan fingerprint density at radius 3 is 2.34 bits per heavy atom. The van der Waals surface area contributed by atoms with Crippen molar-refractivity contribution in [2.75, 3.05) is 32.8 Å². The second kappa shape index (κ2) is 10.3. The van der Waals surface area contributed by atoms with Gasteiger partial charge in [-0.05, 0) is 44.5 Å². The zero-order valence-corrected chi connectivity index (χ0v) is 17.8. The van der Waals surface area contributed by atoms with Crippen molar-refractivity contribution in [2.45, 2.75) is 39.8 Å². The number of nitrogens with zero attached hydrogens (tertiary/aromatic N) is 2. The van der Waals surface area contributed by atoms with Crippen molar-refractivity contribution >= 4 is 5.91 Å². The summed E-state index contributed by atoms with van der Waals surface area (Å²) in [5.74, 6) is 1.99. The molecule has 1 fully saturated rings. The summed E-state index contributed by atoms with van der Waals surface area (Å²) < 4.78 is 11.4. The molecule has 2 aromatic rings. The largest absolute Gasteiger partial charge is 0.494 e. The Balaban J connectivity index is 1.49. The molecular formula is C24H32N2O3. The Bertz CT molecular complexity index is 781. The van der Waals surface area contributed by atoms with Crippen molar-refractivity contribution < 1.29 is 14.3 Å². The number of amides is 1. The van der Waals surface area contributed by atoms with Gasteiger partial charge in [-0.25, -0.2) is 0 Å². The van der Waals surface area contributed by atoms with Gasteiger partial charge in [-0.15, -0.1) is 0 Å². The SMILES string of the molecule is CCOc1ccc(CC(=O)N2CCN(Cc3ccccc3OC(C)C)CC2)cc1. The van der Waals surface area contributed by atoms with Gasteiger partial charge in [0.25, 0.3) is 0 Å². The number of para-hydroxylation sites is 1. The van der Waals surface area contributed by atoms with Crippen LogP contribution in [0.3, 0.4) is 0 Å². The van der Waals surface area contributed by atoms with Crippen molar-refractivity contribution in [3.05, 3.63) is 59.7 Å². The lowest BCUT2D eigenvalue weighted by Gasteiger charge is -2.35. The molecule has 5 nitrogen and oxygen atoms in total. The first-order valence-electron chi connectivity index (χ1n) is 10.5. The van der Waals surface area contributed by atoms with E-state index in [0.29, 0.717) is 13.0 Å². The van der Waals surface area contributed by atoms with Crippen LogP contribution in [0.15, 0.2) is 48.5 Å². The summed E-state index contributed by atoms with van der Waals surface area (Å²) in [5.41, 5.74) is 2.23. The molecule has 0 bridgehead atoms. The number of ether oxygens (including phenoxy) is 2. The lowest BCUT2D eigenvalue weighted by Crippen LogP contribution is -2.48. The standard InChI is InChI=1S/C24H32N2O3/c1-4-28-22-11-9-20(10-12-22)17-24(27)26-15-13-25(14-16-26)18-21-7-5-6-8-23(21)29-19(2)3/h5-12,19H,4,13-18H2,1-3H3. The molecule has 0 aliphatic carbocycles. The van der Waals surface area contributed by atoms with Gasteiger partial charge in [0.15, 0.2) is 0 Å². The zero-order chi connectivity index (χ0) is 20.6. The molecule has 2 aromatic carbocycles. The molecule has 0 atom stereocenters. The molecule has 5 heteroatoms. The van der Waals surface area contributed by atoms with Crippen LogP contribution in [-0.2, 0) is 17.8 Å². The van der Waals surface area contributed by atoms with Gasteiger partial charge in [0, 0.05) is 38.3 Å². The molecule has 3 rings (SSSR count). The molecule has 0 aromatic heterocycles. The first-order chi connectivity index (χ1) is 14.0. The van der Waals surface area contributed by atoms with Crippen LogP contribution in [0, 0.1) is 0 Å². The average Bonchev–Trinajstić information content (AvgIpc) is 2.71. The fourth-order valence-corrected chi connectivity index (χ4v) is 3.56. The molecule has 0 N–H and O–H groups in total. The molecule has 29 heavy (non-hydrogen) atoms. The topological polar surface area (TPSA) is 42.0 Å². The van der Waals surface area contributed by atoms with Crippen LogP contribution < -0.4 is 9.47 Å². The third-order valence-corrected chi connectivity index (χ3v) is 5.04. The van der Waals surface area contributed by atoms with Gasteiger partial charge < -0.3 is 14.4 Å². The molecule has 0 unspecified atom stereocenters. The molecule has 1 aliphatic rings. The van der Waals surface area contributed by atoms with Gasteiger partial charge in [-0.1, -0.05) is 30.3 Å². The Morgan fingerprint density at radius 2 is 1.69 bits per heavy atom. The van der Waals surface area contributed by atoms with Crippen molar-refractivity contribution in [1.29, 1.82) is 0 Å². The third-order valence-electron chi connectivity index (χ3n) is 5.04. The monoisotopic (exact) mass is 396 g/mol. The van der Waals surface area contributed by atoms with Crippen LogP contribution in [-0.4, -0.2) is 54.6 Å². The van der Waals surface area contributed by atoms with Crippen LogP contribution in [0.4, 0.5) is 0 Å². The van der Waals surface area contributed by atoms with Crippen LogP contribution >= 0.6 is 0 Å². The van der Waals surface area contributed by atoms with Crippen molar-refractivity contribution in [1.82, 2.24) is 9.80 Å². The minimum Gasteiger partial charge on any atom is -0.494 e. The van der Waals surface area contributed by atoms with Gasteiger partial charge in [0.2, 0.25) is 5.91 Å². The fourth-order valence-electron chi connectivity index (χ4n) is 3.56. The van der Waals surface area contributed by atoms with E-state index in [2.05, 4.69) is 17.0 Å². The third kappa shape index (κ3) is 6.23. The molecule has 1 amide bonds. The summed E-state index contributed by atoms with van der Waals surface area (Å²) in [5, 5.41) is 0. The van der Waals surface area contributed by atoms with E-state index in [1.54, 1.807) is 0 Å². The summed E-state index contributed by atoms with van der Waals surface area (Å²) in [6.45, 7) is 10.9. The smallest absolute Gasteiger partial charge is 0.227 e. The lowest BCUT2D eigenvalue weighted by atomic mass is 10.1. The average molecular weight is 397 g/mol. The van der Waals surface area contributed by atoms with Gasteiger partial charge in [0.1, 0.15) is 11.5 Å². The number of piperazine rings is 1. The number of hydrogen-bond acceptors (Lipinski definition) is 4. The number of carbonyl (C=O) groups is 1. The Kier molecular flexibility index (Phi) is 7.53. The second-order valence-electron chi connectivity index (χ2n) is 7.69. The van der Waals surface area contributed by atoms with E-state index in [4.69, 9.17) is 9.47 Å². The summed E-state index contributed by atoms with van der Waals surface area (Å²) in [6.07, 6.45) is 0.602. The molecule has 1 aliphatic heterocycles. The van der Waals surface area contributed by atoms with E-state index < -0.39 is 0 Å². The summed E-state index contributed by atoms with van der Waals surface area (Å²) in [4.78, 5) is 17.0. The number of carbonyl (C=O) groups excluding carboxylic acids is 1. The summed E-state index contributed by atoms with van der Waals surface area (Å²) in [7, 11) is 0. The number of rotatable bonds is 8. The summed E-state index contributed by atoms with van der Waals surface area (Å²) >= 11 is 0. The first-order valence-corrected chi connectivity index (χ1v) is 10.5. The second-order valence-corrected chi connectivity index (χ2v) is 7.69. The van der Waals surface area contributed by atoms with E-state index in [1.165, 1.54) is 5.56 Å². The van der Waals surface area contributed by atoms with Crippen molar-refractivity contribution in [3.8, 4) is 11.5 Å². The highest BCUT2D eigenvalue weighted by Crippen LogP contribution is 2.22. The summed E-state index contributed by atoms with van der Waals surface area (Å²) in [6, 6.07) is 16.0. The number of benzene rings is 2. The van der Waals surface area contributed by atoms with E-state index in [-0.39, 0.29) is 12.0 Å². The van der Waals surface area contributed by atoms with Gasteiger partial charge in [0.05, 0.1) is 19.1 Å². The molecular weight excluding hydrogens is 364 g/mol. The predicted octanol–water partition coefficient (Wildman–Crippen LogP) is 3.76. The lowest BCUT2D eigenvalue weighted by molar-refractivity contribution is -0.132. The zero-order valence-electron chi connectivity index (χ0n) is 17.8. The van der Waals surface area contributed by atoms with E-state index in [1.807, 2.05) is 62.1 Å². The van der Waals surface area contributed by atoms with Gasteiger partial charge >= 0.3 is 0 Å². The number of hydrogen-bond donors (Lipinski definition) is 0. The molecule has 0 radical (unpaired) electrons. The van der Waals surface area contributed by atoms with E-state index in [9.17, 15) is 4.79 Å². The van der Waals surface area contributed by atoms with Gasteiger partial charge in [-0.2, -0.15) is 0 Å². The molecule has 0 saturated carbocycles. The quantitative estimate of drug-likeness (QED) is 0.681. The van der Waals surface area contributed by atoms with Crippen LogP contribution in [0.5, 0.6) is 11.5 Å². The Morgan fingerprint density at radius 1 is 1.00 bits per heavy atom. The highest BCUT2D eigenvalue weighted by Gasteiger charge is 2.22. The maximum absolute atomic E-state index is 12.7. The molecule has 0 spiro atoms. The fraction of sp³-hybridized carbons (Fsp3) is 0.458. The van der Waals surface area contributed by atoms with Crippen LogP contribution in [0.2, 0.25) is 0 Å². The first kappa shape index (κ1) is 21.2. The highest BCUT2D eigenvalue weighted by molar-refractivity contribution is 5.79. The Labute approximate surface area is 174 Å². The van der Waals surface area contributed by atoms with Crippen LogP contribution in [0.1, 0.15) is 31.9 Å². The highest BCUT2D eigenvalue weighted by atomic mass is 16.5. The van der Waals surface area contributed by atoms with Crippen molar-refractivity contribution in [2.24, 2.45) is 0 Å². The maximum atomic E-state index is 12.7. The van der Waals surface area contributed by atoms with Crippen molar-refractivity contribution in [3.63, 3.8) is 0 Å². The van der Waals surface area contributed by atoms with Gasteiger partial charge in [-0.3, -0.25) is 9.69 Å².